The molecule has 0 amide bonds. The predicted octanol–water partition coefficient (Wildman–Crippen LogP) is 1.52. The summed E-state index contributed by atoms with van der Waals surface area (Å²) in [7, 11) is 0. The predicted molar refractivity (Wildman–Crippen MR) is 67.5 cm³/mol. The van der Waals surface area contributed by atoms with E-state index in [1.54, 1.807) is 12.4 Å². The molecule has 2 rings (SSSR count). The molecule has 0 saturated heterocycles. The van der Waals surface area contributed by atoms with E-state index in [1.807, 2.05) is 34.6 Å². The lowest BCUT2D eigenvalue weighted by Gasteiger charge is -2.15. The summed E-state index contributed by atoms with van der Waals surface area (Å²) in [6.07, 6.45) is 7.18. The Hall–Kier alpha value is -1.76. The van der Waals surface area contributed by atoms with Crippen molar-refractivity contribution in [1.29, 1.82) is 0 Å². The topological polar surface area (TPSA) is 72.9 Å². The average molecular weight is 266 g/mol. The van der Waals surface area contributed by atoms with E-state index in [9.17, 15) is 4.79 Å². The molecule has 2 aromatic rings. The first-order valence-electron chi connectivity index (χ1n) is 5.51. The van der Waals surface area contributed by atoms with Gasteiger partial charge in [-0.25, -0.2) is 4.98 Å². The second kappa shape index (κ2) is 5.72. The fourth-order valence-corrected chi connectivity index (χ4v) is 2.42. The Balaban J connectivity index is 2.03. The maximum atomic E-state index is 10.6. The standard InChI is InChI=1S/C11H14N4O2S/c1-9(7-14-5-2-3-13-14)15-6-4-12-11(15)18-8-10(16)17/h2-6,9H,7-8H2,1H3,(H,16,17). The average Bonchev–Trinajstić information content (AvgIpc) is 2.96. The SMILES string of the molecule is CC(Cn1cccn1)n1ccnc1SCC(=O)O. The second-order valence-electron chi connectivity index (χ2n) is 3.88. The van der Waals surface area contributed by atoms with Gasteiger partial charge in [-0.05, 0) is 13.0 Å². The first-order chi connectivity index (χ1) is 8.66. The zero-order valence-electron chi connectivity index (χ0n) is 9.93. The minimum absolute atomic E-state index is 0.0193. The van der Waals surface area contributed by atoms with Crippen molar-refractivity contribution in [3.05, 3.63) is 30.9 Å². The van der Waals surface area contributed by atoms with Gasteiger partial charge in [0.05, 0.1) is 18.3 Å². The van der Waals surface area contributed by atoms with Gasteiger partial charge >= 0.3 is 5.97 Å². The molecule has 0 aliphatic carbocycles. The van der Waals surface area contributed by atoms with Crippen LogP contribution in [0.4, 0.5) is 0 Å². The van der Waals surface area contributed by atoms with Gasteiger partial charge in [0.15, 0.2) is 5.16 Å². The molecule has 2 heterocycles. The quantitative estimate of drug-likeness (QED) is 0.802. The van der Waals surface area contributed by atoms with Crippen molar-refractivity contribution < 1.29 is 9.90 Å². The number of nitrogens with zero attached hydrogens (tertiary/aromatic N) is 4. The fourth-order valence-electron chi connectivity index (χ4n) is 1.64. The Morgan fingerprint density at radius 3 is 3.00 bits per heavy atom. The van der Waals surface area contributed by atoms with Gasteiger partial charge in [0.2, 0.25) is 0 Å². The number of hydrogen-bond donors (Lipinski definition) is 1. The van der Waals surface area contributed by atoms with Crippen LogP contribution >= 0.6 is 11.8 Å². The van der Waals surface area contributed by atoms with Crippen LogP contribution in [-0.2, 0) is 11.3 Å². The van der Waals surface area contributed by atoms with Crippen molar-refractivity contribution in [3.63, 3.8) is 0 Å². The molecule has 0 radical (unpaired) electrons. The largest absolute Gasteiger partial charge is 0.481 e. The van der Waals surface area contributed by atoms with Crippen LogP contribution in [0.1, 0.15) is 13.0 Å². The number of aromatic nitrogens is 4. The summed E-state index contributed by atoms with van der Waals surface area (Å²) in [4.78, 5) is 14.7. The highest BCUT2D eigenvalue weighted by Gasteiger charge is 2.12. The first kappa shape index (κ1) is 12.7. The van der Waals surface area contributed by atoms with Crippen LogP contribution in [0.3, 0.4) is 0 Å². The second-order valence-corrected chi connectivity index (χ2v) is 4.82. The van der Waals surface area contributed by atoms with Crippen LogP contribution in [0.2, 0.25) is 0 Å². The van der Waals surface area contributed by atoms with Crippen LogP contribution in [0.15, 0.2) is 36.0 Å². The molecular weight excluding hydrogens is 252 g/mol. The maximum Gasteiger partial charge on any atom is 0.313 e. The molecule has 1 unspecified atom stereocenters. The monoisotopic (exact) mass is 266 g/mol. The van der Waals surface area contributed by atoms with Crippen LogP contribution in [0.25, 0.3) is 0 Å². The lowest BCUT2D eigenvalue weighted by atomic mass is 10.3. The molecule has 2 aromatic heterocycles. The van der Waals surface area contributed by atoms with Crippen LogP contribution < -0.4 is 0 Å². The van der Waals surface area contributed by atoms with Crippen molar-refractivity contribution in [1.82, 2.24) is 19.3 Å². The van der Waals surface area contributed by atoms with E-state index in [1.165, 1.54) is 11.8 Å². The summed E-state index contributed by atoms with van der Waals surface area (Å²) in [6.45, 7) is 2.78. The van der Waals surface area contributed by atoms with E-state index >= 15 is 0 Å². The maximum absolute atomic E-state index is 10.6. The smallest absolute Gasteiger partial charge is 0.313 e. The van der Waals surface area contributed by atoms with E-state index in [0.29, 0.717) is 0 Å². The van der Waals surface area contributed by atoms with Gasteiger partial charge in [-0.2, -0.15) is 5.10 Å². The zero-order chi connectivity index (χ0) is 13.0. The van der Waals surface area contributed by atoms with E-state index < -0.39 is 5.97 Å². The Bertz CT molecular complexity index is 509. The van der Waals surface area contributed by atoms with Gasteiger partial charge < -0.3 is 9.67 Å². The van der Waals surface area contributed by atoms with Crippen molar-refractivity contribution in [3.8, 4) is 0 Å². The zero-order valence-corrected chi connectivity index (χ0v) is 10.7. The van der Waals surface area contributed by atoms with E-state index in [4.69, 9.17) is 5.11 Å². The number of thioether (sulfide) groups is 1. The third kappa shape index (κ3) is 3.13. The van der Waals surface area contributed by atoms with Crippen molar-refractivity contribution in [2.45, 2.75) is 24.7 Å². The van der Waals surface area contributed by atoms with E-state index in [-0.39, 0.29) is 11.8 Å². The Kier molecular flexibility index (Phi) is 4.03. The summed E-state index contributed by atoms with van der Waals surface area (Å²) in [5.41, 5.74) is 0. The lowest BCUT2D eigenvalue weighted by molar-refractivity contribution is -0.133. The molecule has 18 heavy (non-hydrogen) atoms. The summed E-state index contributed by atoms with van der Waals surface area (Å²) < 4.78 is 3.81. The molecule has 96 valence electrons. The van der Waals surface area contributed by atoms with Gasteiger partial charge in [-0.1, -0.05) is 11.8 Å². The van der Waals surface area contributed by atoms with Crippen molar-refractivity contribution in [2.24, 2.45) is 0 Å². The van der Waals surface area contributed by atoms with Crippen LogP contribution in [0.5, 0.6) is 0 Å². The molecule has 1 atom stereocenters. The molecule has 0 bridgehead atoms. The molecular formula is C11H14N4O2S. The molecule has 0 spiro atoms. The van der Waals surface area contributed by atoms with Crippen LogP contribution in [-0.4, -0.2) is 36.2 Å². The third-order valence-corrected chi connectivity index (χ3v) is 3.41. The van der Waals surface area contributed by atoms with Gasteiger partial charge in [-0.15, -0.1) is 0 Å². The molecule has 0 aliphatic rings. The number of imidazole rings is 1. The van der Waals surface area contributed by atoms with Crippen LogP contribution in [0, 0.1) is 0 Å². The Labute approximate surface area is 109 Å². The molecule has 0 aromatic carbocycles. The summed E-state index contributed by atoms with van der Waals surface area (Å²) in [6, 6.07) is 2.05. The summed E-state index contributed by atoms with van der Waals surface area (Å²) >= 11 is 1.23. The Morgan fingerprint density at radius 2 is 2.33 bits per heavy atom. The molecule has 6 nitrogen and oxygen atoms in total. The normalized spacial score (nSPS) is 12.5. The van der Waals surface area contributed by atoms with Gasteiger partial charge in [-0.3, -0.25) is 9.48 Å². The number of rotatable bonds is 6. The van der Waals surface area contributed by atoms with E-state index in [0.717, 1.165) is 11.7 Å². The molecule has 1 N–H and O–H groups in total. The Morgan fingerprint density at radius 1 is 1.50 bits per heavy atom. The number of carboxylic acid groups (broad SMARTS) is 1. The highest BCUT2D eigenvalue weighted by Crippen LogP contribution is 2.20. The number of carboxylic acids is 1. The number of hydrogen-bond acceptors (Lipinski definition) is 4. The molecule has 7 heteroatoms. The van der Waals surface area contributed by atoms with Crippen molar-refractivity contribution >= 4 is 17.7 Å². The minimum atomic E-state index is -0.839. The molecule has 0 aliphatic heterocycles. The van der Waals surface area contributed by atoms with E-state index in [2.05, 4.69) is 10.1 Å². The molecule has 0 fully saturated rings. The highest BCUT2D eigenvalue weighted by atomic mass is 32.2. The van der Waals surface area contributed by atoms with Gasteiger partial charge in [0, 0.05) is 24.8 Å². The third-order valence-electron chi connectivity index (χ3n) is 2.44. The summed E-state index contributed by atoms with van der Waals surface area (Å²) in [5.74, 6) is -0.819. The number of carbonyl (C=O) groups is 1. The summed E-state index contributed by atoms with van der Waals surface area (Å²) in [5, 5.41) is 13.5. The highest BCUT2D eigenvalue weighted by molar-refractivity contribution is 7.99. The van der Waals surface area contributed by atoms with Crippen molar-refractivity contribution in [2.75, 3.05) is 5.75 Å². The van der Waals surface area contributed by atoms with Gasteiger partial charge in [0.1, 0.15) is 0 Å². The molecule has 0 saturated carbocycles. The lowest BCUT2D eigenvalue weighted by Crippen LogP contribution is -2.14. The first-order valence-corrected chi connectivity index (χ1v) is 6.50. The fraction of sp³-hybridized carbons (Fsp3) is 0.364. The number of aliphatic carboxylic acids is 1. The van der Waals surface area contributed by atoms with Gasteiger partial charge in [0.25, 0.3) is 0 Å². The minimum Gasteiger partial charge on any atom is -0.481 e.